The van der Waals surface area contributed by atoms with Gasteiger partial charge in [-0.1, -0.05) is 6.42 Å². The number of unbranched alkanes of at least 4 members (excludes halogenated alkanes) is 3. The van der Waals surface area contributed by atoms with Gasteiger partial charge in [-0.3, -0.25) is 33.8 Å². The van der Waals surface area contributed by atoms with E-state index in [0.29, 0.717) is 86.9 Å². The number of imide groups is 2. The first-order valence-electron chi connectivity index (χ1n) is 47.8. The maximum Gasteiger partial charge on any atom is 0.261 e. The molecule has 8 fully saturated rings. The summed E-state index contributed by atoms with van der Waals surface area (Å²) in [6, 6.07) is -2.91. The summed E-state index contributed by atoms with van der Waals surface area (Å²) in [5.41, 5.74) is 75.4. The second kappa shape index (κ2) is 52.7. The molecule has 38 atom stereocenters. The molecule has 12 rings (SSSR count). The second-order valence-corrected chi connectivity index (χ2v) is 40.6. The topological polar surface area (TPSA) is 824 Å². The van der Waals surface area contributed by atoms with Gasteiger partial charge in [0, 0.05) is 165 Å². The van der Waals surface area contributed by atoms with E-state index in [0.717, 1.165) is 37.1 Å². The van der Waals surface area contributed by atoms with Crippen molar-refractivity contribution < 1.29 is 142 Å². The van der Waals surface area contributed by atoms with Crippen molar-refractivity contribution in [3.8, 4) is 0 Å². The van der Waals surface area contributed by atoms with Crippen LogP contribution in [0.15, 0.2) is 24.3 Å². The van der Waals surface area contributed by atoms with E-state index >= 15 is 0 Å². The zero-order valence-corrected chi connectivity index (χ0v) is 81.7. The molecule has 2 aromatic rings. The number of thiocarbonyl (C=S) groups is 2. The molecule has 140 heavy (non-hydrogen) atoms. The summed E-state index contributed by atoms with van der Waals surface area (Å²) >= 11 is 14.2. The van der Waals surface area contributed by atoms with E-state index in [9.17, 15) is 85.3 Å². The van der Waals surface area contributed by atoms with Crippen molar-refractivity contribution in [2.24, 2.45) is 68.8 Å². The number of hydrogen-bond donors (Lipinski definition) is 29. The molecule has 41 N–H and O–H groups in total. The van der Waals surface area contributed by atoms with Gasteiger partial charge in [0.1, 0.15) is 122 Å². The minimum absolute atomic E-state index is 0.0316. The average molecular weight is 2070 g/mol. The Morgan fingerprint density at radius 1 is 0.371 bits per heavy atom. The molecule has 14 unspecified atom stereocenters. The van der Waals surface area contributed by atoms with Gasteiger partial charge in [-0.2, -0.15) is 23.5 Å². The number of amides is 5. The molecule has 0 spiro atoms. The molecule has 50 nitrogen and oxygen atoms in total. The molecule has 0 radical (unpaired) electrons. The molecule has 8 heterocycles. The molecule has 5 amide bonds. The fourth-order valence-electron chi connectivity index (χ4n) is 19.0. The van der Waals surface area contributed by atoms with Crippen molar-refractivity contribution in [3.63, 3.8) is 0 Å². The van der Waals surface area contributed by atoms with Crippen LogP contribution < -0.4 is 95.4 Å². The lowest BCUT2D eigenvalue weighted by Crippen LogP contribution is -2.68. The Morgan fingerprint density at radius 2 is 0.686 bits per heavy atom. The van der Waals surface area contributed by atoms with Crippen LogP contribution in [0.3, 0.4) is 0 Å². The van der Waals surface area contributed by atoms with Crippen LogP contribution in [-0.4, -0.2) is 488 Å². The standard InChI is InChI=1S/C86H147N21O29S4/c1-104(2)24-25-107-77(123)38-13-11-36-51-37(12-14-39(52(38)51)78(107)124)76(122)106(75(36)121)23-8-10-50(108)99-15-4-3-6-20-105(22-9-17-101-86(138)103-19-27-140-35-49-72(134-82-56(98)66(118)62(114)47(33-90)128-82)68(120)84(130-49)136-74-58(110)41(92)29-43(94)70(74)132-80-54(96)64(116)60(112)45(31-88)126-80)21-7-5-16-100-85(137)102-18-26-139-34-48-71(133-81-55(97)65(117)61(113)46(32-89)127-81)67(119)83(129-48)135-73-57(109)40(91)28-42(93)69(73)131-79-53(95)63(115)59(111)44(30-87)125-79/h11-14,40-49,53-74,79-84,109-120H,3-10,15-35,87-98H2,1-2H3,(H,99,108)(H2,100,102,137)(H2,101,103,138)/t40-,41-,42?,43?,44?,45?,46+,47+,48-,49-,53?,54?,55?,56?,57?,58?,59-,60-,61-,62-,63-,64-,65?,66?,67+,68+,69-,70-,71+,72+,73-,74-,79+,80+,81-,82-,83?,84?/m1/s1. The van der Waals surface area contributed by atoms with Crippen LogP contribution in [0.4, 0.5) is 0 Å². The molecule has 54 heteroatoms. The van der Waals surface area contributed by atoms with Gasteiger partial charge in [0.05, 0.1) is 48.6 Å². The van der Waals surface area contributed by atoms with Crippen molar-refractivity contribution in [2.45, 2.75) is 297 Å². The lowest BCUT2D eigenvalue weighted by molar-refractivity contribution is -0.306. The van der Waals surface area contributed by atoms with Crippen LogP contribution in [0.1, 0.15) is 106 Å². The Kier molecular flexibility index (Phi) is 42.8. The SMILES string of the molecule is CN(C)CCN1C(=O)c2ccc3c4c(ccc(c24)C1=O)C(=O)N(CCCC(=O)NCCCCCN(CCCCNC(=S)NCCSC[C@H]1OC(O[C@@H]2C(O)[C@H](N)CC(N)[C@H]2O[C@@H]2OC(CN)[C@@H](O)[C@H](O)C2N)[C@@H](O)[C@H]1O[C@H]1O[C@@H](CN)[C@@H](O)C(O)C1N)CCCNC(=S)NCCSC[C@H]1OC(O[C@@H]2C(O)[C@H](N)CC(N)[C@H]2O[C@@H]2OC(CN)[C@@H](O)[C@H](O)C2N)[C@@H](O)[C@H]1O[C@H]1O[C@@H](CN)[C@@H](O)C(O)C1N)C3=O. The summed E-state index contributed by atoms with van der Waals surface area (Å²) in [6.07, 6.45) is -36.4. The number of carbonyl (C=O) groups excluding carboxylic acids is 5. The summed E-state index contributed by atoms with van der Waals surface area (Å²) in [5.74, 6) is -1.24. The highest BCUT2D eigenvalue weighted by molar-refractivity contribution is 7.99. The fraction of sp³-hybridized carbons (Fsp3) is 0.802. The smallest absolute Gasteiger partial charge is 0.261 e. The number of thioether (sulfide) groups is 2. The third-order valence-corrected chi connectivity index (χ3v) is 29.9. The minimum atomic E-state index is -1.64. The monoisotopic (exact) mass is 2070 g/mol. The van der Waals surface area contributed by atoms with Crippen molar-refractivity contribution >= 4 is 98.5 Å². The zero-order chi connectivity index (χ0) is 102. The lowest BCUT2D eigenvalue weighted by atomic mass is 9.84. The summed E-state index contributed by atoms with van der Waals surface area (Å²) in [6.45, 7) is 3.94. The molecule has 10 aliphatic rings. The van der Waals surface area contributed by atoms with Crippen molar-refractivity contribution in [3.05, 3.63) is 46.5 Å². The molecule has 6 saturated heterocycles. The Morgan fingerprint density at radius 3 is 1.06 bits per heavy atom. The van der Waals surface area contributed by atoms with Gasteiger partial charge in [0.25, 0.3) is 23.6 Å². The minimum Gasteiger partial charge on any atom is -0.389 e. The predicted molar refractivity (Wildman–Crippen MR) is 514 cm³/mol. The van der Waals surface area contributed by atoms with Gasteiger partial charge in [-0.15, -0.1) is 0 Å². The number of aliphatic hydroxyl groups is 12. The van der Waals surface area contributed by atoms with Gasteiger partial charge < -0.3 is 223 Å². The number of benzene rings is 2. The Hall–Kier alpha value is -4.99. The first kappa shape index (κ1) is 114. The second-order valence-electron chi connectivity index (χ2n) is 37.5. The number of aliphatic hydroxyl groups excluding tert-OH is 12. The number of ether oxygens (including phenoxy) is 12. The quantitative estimate of drug-likeness (QED) is 0.0166. The summed E-state index contributed by atoms with van der Waals surface area (Å²) in [5, 5.41) is 151. The van der Waals surface area contributed by atoms with Crippen molar-refractivity contribution in [1.82, 2.24) is 46.2 Å². The van der Waals surface area contributed by atoms with Gasteiger partial charge in [-0.25, -0.2) is 0 Å². The zero-order valence-electron chi connectivity index (χ0n) is 78.4. The maximum atomic E-state index is 14.0. The maximum absolute atomic E-state index is 14.0. The summed E-state index contributed by atoms with van der Waals surface area (Å²) in [7, 11) is 3.66. The first-order chi connectivity index (χ1) is 66.8. The van der Waals surface area contributed by atoms with E-state index < -0.39 is 256 Å². The molecule has 0 aromatic heterocycles. The molecule has 0 bridgehead atoms. The fourth-order valence-corrected chi connectivity index (χ4v) is 21.2. The molecule has 2 aromatic carbocycles. The molecule has 794 valence electrons. The summed E-state index contributed by atoms with van der Waals surface area (Å²) in [4.78, 5) is 75.0. The van der Waals surface area contributed by atoms with Gasteiger partial charge >= 0.3 is 0 Å². The highest BCUT2D eigenvalue weighted by Crippen LogP contribution is 2.42. The molecular weight excluding hydrogens is 1920 g/mol. The molecule has 2 saturated carbocycles. The third-order valence-electron chi connectivity index (χ3n) is 27.2. The van der Waals surface area contributed by atoms with Gasteiger partial charge in [0.15, 0.2) is 48.0 Å². The highest BCUT2D eigenvalue weighted by Gasteiger charge is 2.58. The van der Waals surface area contributed by atoms with Crippen LogP contribution in [0, 0.1) is 0 Å². The van der Waals surface area contributed by atoms with Crippen molar-refractivity contribution in [2.75, 3.05) is 135 Å². The van der Waals surface area contributed by atoms with Crippen LogP contribution >= 0.6 is 48.0 Å². The van der Waals surface area contributed by atoms with E-state index in [2.05, 4.69) is 31.5 Å². The number of rotatable bonds is 48. The number of hydrogen-bond acceptors (Lipinski definition) is 47. The highest BCUT2D eigenvalue weighted by atomic mass is 32.2. The Balaban J connectivity index is 0.616. The van der Waals surface area contributed by atoms with Gasteiger partial charge in [0.2, 0.25) is 5.91 Å². The van der Waals surface area contributed by atoms with E-state index in [-0.39, 0.29) is 115 Å². The summed E-state index contributed by atoms with van der Waals surface area (Å²) < 4.78 is 74.1. The van der Waals surface area contributed by atoms with Crippen LogP contribution in [0.2, 0.25) is 0 Å². The van der Waals surface area contributed by atoms with E-state index in [1.54, 1.807) is 0 Å². The number of nitrogens with zero attached hydrogens (tertiary/aromatic N) is 4. The Bertz CT molecular complexity index is 4300. The van der Waals surface area contributed by atoms with E-state index in [1.165, 1.54) is 52.7 Å². The normalized spacial score (nSPS) is 37.9. The van der Waals surface area contributed by atoms with E-state index in [4.69, 9.17) is 150 Å². The van der Waals surface area contributed by atoms with Crippen molar-refractivity contribution in [1.29, 1.82) is 0 Å². The van der Waals surface area contributed by atoms with Crippen LogP contribution in [0.5, 0.6) is 0 Å². The van der Waals surface area contributed by atoms with Crippen LogP contribution in [0.25, 0.3) is 10.8 Å². The Labute approximate surface area is 829 Å². The third kappa shape index (κ3) is 27.2. The van der Waals surface area contributed by atoms with Crippen LogP contribution in [-0.2, 0) is 61.6 Å². The molecule has 8 aliphatic heterocycles. The first-order valence-corrected chi connectivity index (χ1v) is 51.0. The number of carbonyl (C=O) groups is 5. The molecular formula is C86H147N21O29S4. The number of nitrogens with two attached hydrogens (primary N) is 12. The predicted octanol–water partition coefficient (Wildman–Crippen LogP) is -13.2. The average Bonchev–Trinajstić information content (AvgIpc) is 0.958. The number of nitrogens with one attached hydrogen (secondary N) is 5. The largest absolute Gasteiger partial charge is 0.389 e. The lowest BCUT2D eigenvalue weighted by Gasteiger charge is -2.47. The van der Waals surface area contributed by atoms with Gasteiger partial charge in [-0.05, 0) is 134 Å². The molecule has 2 aliphatic carbocycles. The van der Waals surface area contributed by atoms with E-state index in [1.807, 2.05) is 19.0 Å². The number of likely N-dealkylation sites (N-methyl/N-ethyl adjacent to an activating group) is 1.